The summed E-state index contributed by atoms with van der Waals surface area (Å²) in [6.45, 7) is 0. The molecule has 0 saturated carbocycles. The summed E-state index contributed by atoms with van der Waals surface area (Å²) in [5, 5.41) is 28.9. The normalized spacial score (nSPS) is 28.7. The molecule has 1 aromatic rings. The number of aromatic carboxylic acids is 1. The van der Waals surface area contributed by atoms with Gasteiger partial charge in [-0.3, -0.25) is 4.57 Å². The first-order valence-corrected chi connectivity index (χ1v) is 8.29. The third-order valence-electron chi connectivity index (χ3n) is 3.41. The minimum Gasteiger partial charge on any atom is -0.477 e. The highest BCUT2D eigenvalue weighted by molar-refractivity contribution is 7.51. The fraction of sp³-hybridized carbons (Fsp3) is 0.500. The molecule has 10 heteroatoms. The molecular formula is C12H17NO8P+. The van der Waals surface area contributed by atoms with Crippen molar-refractivity contribution in [2.45, 2.75) is 31.0 Å². The average Bonchev–Trinajstić information content (AvgIpc) is 2.72. The van der Waals surface area contributed by atoms with Crippen LogP contribution in [0.3, 0.4) is 0 Å². The number of nitrogens with zero attached hydrogens (tertiary/aromatic N) is 1. The zero-order valence-corrected chi connectivity index (χ0v) is 12.3. The number of carboxylic acid groups (broad SMARTS) is 1. The van der Waals surface area contributed by atoms with E-state index in [0.717, 1.165) is 0 Å². The van der Waals surface area contributed by atoms with Crippen LogP contribution in [-0.4, -0.2) is 55.5 Å². The maximum absolute atomic E-state index is 10.9. The van der Waals surface area contributed by atoms with Crippen molar-refractivity contribution in [1.29, 1.82) is 0 Å². The molecule has 0 aliphatic carbocycles. The van der Waals surface area contributed by atoms with Crippen LogP contribution >= 0.6 is 7.60 Å². The predicted molar refractivity (Wildman–Crippen MR) is 71.0 cm³/mol. The van der Waals surface area contributed by atoms with Crippen LogP contribution in [0, 0.1) is 0 Å². The van der Waals surface area contributed by atoms with E-state index in [1.54, 1.807) is 0 Å². The summed E-state index contributed by atoms with van der Waals surface area (Å²) in [5.74, 6) is -1.15. The Hall–Kier alpha value is -1.35. The Morgan fingerprint density at radius 2 is 2.00 bits per heavy atom. The third-order valence-corrected chi connectivity index (χ3v) is 4.25. The second-order valence-corrected chi connectivity index (χ2v) is 6.84. The van der Waals surface area contributed by atoms with Gasteiger partial charge in [0.15, 0.2) is 18.5 Å². The molecule has 0 radical (unpaired) electrons. The van der Waals surface area contributed by atoms with E-state index in [9.17, 15) is 19.6 Å². The van der Waals surface area contributed by atoms with Gasteiger partial charge in [0.1, 0.15) is 11.7 Å². The summed E-state index contributed by atoms with van der Waals surface area (Å²) < 4.78 is 17.6. The number of hydrogen-bond donors (Lipinski definition) is 5. The SMILES string of the molecule is O=C(O)c1ccc[n+]([C@@H]2O[C@H](CCP(=O)(O)O)[C@@H](O)[C@H]2O)c1. The summed E-state index contributed by atoms with van der Waals surface area (Å²) in [6, 6.07) is 2.82. The Kier molecular flexibility index (Phi) is 4.96. The van der Waals surface area contributed by atoms with Gasteiger partial charge in [0.05, 0.1) is 12.3 Å². The Morgan fingerprint density at radius 1 is 1.32 bits per heavy atom. The first-order chi connectivity index (χ1) is 10.2. The van der Waals surface area contributed by atoms with Gasteiger partial charge in [-0.15, -0.1) is 0 Å². The molecule has 122 valence electrons. The fourth-order valence-corrected chi connectivity index (χ4v) is 2.88. The number of ether oxygens (including phenoxy) is 1. The van der Waals surface area contributed by atoms with Crippen LogP contribution in [0.5, 0.6) is 0 Å². The zero-order chi connectivity index (χ0) is 16.5. The van der Waals surface area contributed by atoms with Crippen LogP contribution in [0.1, 0.15) is 23.0 Å². The van der Waals surface area contributed by atoms with Gasteiger partial charge in [-0.2, -0.15) is 4.57 Å². The van der Waals surface area contributed by atoms with Crippen LogP contribution in [0.4, 0.5) is 0 Å². The maximum atomic E-state index is 10.9. The van der Waals surface area contributed by atoms with Crippen molar-refractivity contribution in [3.05, 3.63) is 30.1 Å². The molecular weight excluding hydrogens is 317 g/mol. The van der Waals surface area contributed by atoms with Crippen LogP contribution in [0.15, 0.2) is 24.5 Å². The highest BCUT2D eigenvalue weighted by Gasteiger charge is 2.48. The predicted octanol–water partition coefficient (Wildman–Crippen LogP) is -1.14. The van der Waals surface area contributed by atoms with Gasteiger partial charge in [0, 0.05) is 6.07 Å². The number of pyridine rings is 1. The number of aromatic nitrogens is 1. The van der Waals surface area contributed by atoms with Crippen LogP contribution in [0.2, 0.25) is 0 Å². The quantitative estimate of drug-likeness (QED) is 0.335. The highest BCUT2D eigenvalue weighted by Crippen LogP contribution is 2.38. The Balaban J connectivity index is 2.14. The van der Waals surface area contributed by atoms with E-state index in [1.807, 2.05) is 0 Å². The second kappa shape index (κ2) is 6.41. The molecule has 0 spiro atoms. The van der Waals surface area contributed by atoms with E-state index in [0.29, 0.717) is 0 Å². The topological polar surface area (TPSA) is 148 Å². The van der Waals surface area contributed by atoms with Crippen molar-refractivity contribution < 1.29 is 43.8 Å². The van der Waals surface area contributed by atoms with Crippen molar-refractivity contribution in [1.82, 2.24) is 0 Å². The number of aliphatic hydroxyl groups excluding tert-OH is 2. The highest BCUT2D eigenvalue weighted by atomic mass is 31.2. The van der Waals surface area contributed by atoms with E-state index >= 15 is 0 Å². The Bertz CT molecular complexity index is 603. The summed E-state index contributed by atoms with van der Waals surface area (Å²) in [7, 11) is -4.23. The van der Waals surface area contributed by atoms with Gasteiger partial charge in [0.25, 0.3) is 6.23 Å². The summed E-state index contributed by atoms with van der Waals surface area (Å²) in [6.07, 6.45) is -2.53. The van der Waals surface area contributed by atoms with Gasteiger partial charge >= 0.3 is 13.6 Å². The summed E-state index contributed by atoms with van der Waals surface area (Å²) >= 11 is 0. The molecule has 9 nitrogen and oxygen atoms in total. The van der Waals surface area contributed by atoms with Gasteiger partial charge < -0.3 is 29.8 Å². The Labute approximate surface area is 125 Å². The third kappa shape index (κ3) is 3.89. The molecule has 1 aliphatic heterocycles. The molecule has 2 rings (SSSR count). The number of hydrogen-bond acceptors (Lipinski definition) is 5. The summed E-state index contributed by atoms with van der Waals surface area (Å²) in [5.41, 5.74) is -0.0218. The lowest BCUT2D eigenvalue weighted by Gasteiger charge is -2.13. The molecule has 0 unspecified atom stereocenters. The lowest BCUT2D eigenvalue weighted by Crippen LogP contribution is -2.46. The number of aliphatic hydroxyl groups is 2. The molecule has 22 heavy (non-hydrogen) atoms. The molecule has 5 N–H and O–H groups in total. The molecule has 1 aromatic heterocycles. The van der Waals surface area contributed by atoms with Crippen molar-refractivity contribution in [3.63, 3.8) is 0 Å². The van der Waals surface area contributed by atoms with E-state index in [1.165, 1.54) is 29.1 Å². The number of carbonyl (C=O) groups is 1. The number of carboxylic acids is 1. The average molecular weight is 334 g/mol. The van der Waals surface area contributed by atoms with Crippen molar-refractivity contribution >= 4 is 13.6 Å². The number of rotatable bonds is 5. The standard InChI is InChI=1S/C12H16NO8P/c14-9-8(3-5-22(18,19)20)21-11(10(9)15)13-4-1-2-7(6-13)12(16)17/h1-2,4,6,8-11,14-15H,3,5H2,(H2-,16,17,18,19,20)/p+1/t8-,9-,10-,11-/m1/s1. The van der Waals surface area contributed by atoms with Gasteiger partial charge in [-0.1, -0.05) is 0 Å². The first kappa shape index (κ1) is 17.0. The minimum atomic E-state index is -4.23. The lowest BCUT2D eigenvalue weighted by molar-refractivity contribution is -0.765. The molecule has 2 heterocycles. The van der Waals surface area contributed by atoms with E-state index in [2.05, 4.69) is 0 Å². The molecule has 4 atom stereocenters. The van der Waals surface area contributed by atoms with Crippen molar-refractivity contribution in [2.24, 2.45) is 0 Å². The van der Waals surface area contributed by atoms with Crippen LogP contribution in [-0.2, 0) is 9.30 Å². The van der Waals surface area contributed by atoms with E-state index < -0.39 is 44.3 Å². The lowest BCUT2D eigenvalue weighted by atomic mass is 10.1. The smallest absolute Gasteiger partial charge is 0.341 e. The molecule has 0 bridgehead atoms. The zero-order valence-electron chi connectivity index (χ0n) is 11.4. The Morgan fingerprint density at radius 3 is 2.59 bits per heavy atom. The first-order valence-electron chi connectivity index (χ1n) is 6.49. The summed E-state index contributed by atoms with van der Waals surface area (Å²) in [4.78, 5) is 28.6. The molecule has 0 aromatic carbocycles. The molecule has 1 saturated heterocycles. The van der Waals surface area contributed by atoms with Gasteiger partial charge in [-0.25, -0.2) is 4.79 Å². The molecule has 1 fully saturated rings. The van der Waals surface area contributed by atoms with Crippen molar-refractivity contribution in [2.75, 3.05) is 6.16 Å². The van der Waals surface area contributed by atoms with Gasteiger partial charge in [-0.05, 0) is 12.5 Å². The monoisotopic (exact) mass is 334 g/mol. The van der Waals surface area contributed by atoms with Crippen molar-refractivity contribution in [3.8, 4) is 0 Å². The molecule has 1 aliphatic rings. The maximum Gasteiger partial charge on any atom is 0.341 e. The van der Waals surface area contributed by atoms with E-state index in [4.69, 9.17) is 19.6 Å². The minimum absolute atomic E-state index is 0.0218. The second-order valence-electron chi connectivity index (χ2n) is 5.07. The largest absolute Gasteiger partial charge is 0.477 e. The van der Waals surface area contributed by atoms with Gasteiger partial charge in [0.2, 0.25) is 0 Å². The van der Waals surface area contributed by atoms with Crippen LogP contribution < -0.4 is 4.57 Å². The van der Waals surface area contributed by atoms with Crippen LogP contribution in [0.25, 0.3) is 0 Å². The fourth-order valence-electron chi connectivity index (χ4n) is 2.29. The molecule has 0 amide bonds. The van der Waals surface area contributed by atoms with E-state index in [-0.39, 0.29) is 12.0 Å².